The van der Waals surface area contributed by atoms with Crippen molar-refractivity contribution in [1.29, 1.82) is 0 Å². The summed E-state index contributed by atoms with van der Waals surface area (Å²) in [6.45, 7) is 4.10. The highest BCUT2D eigenvalue weighted by Gasteiger charge is 2.17. The molecule has 0 bridgehead atoms. The fourth-order valence-electron chi connectivity index (χ4n) is 5.32. The van der Waals surface area contributed by atoms with Crippen molar-refractivity contribution in [1.82, 2.24) is 25.5 Å². The molecule has 1 saturated heterocycles. The van der Waals surface area contributed by atoms with E-state index in [9.17, 15) is 4.39 Å². The number of rotatable bonds is 5. The zero-order valence-corrected chi connectivity index (χ0v) is 21.7. The van der Waals surface area contributed by atoms with Crippen LogP contribution in [0.25, 0.3) is 54.9 Å². The molecule has 3 N–H and O–H groups in total. The number of thiophene rings is 1. The van der Waals surface area contributed by atoms with Crippen molar-refractivity contribution in [2.75, 3.05) is 13.1 Å². The van der Waals surface area contributed by atoms with Crippen LogP contribution in [0, 0.1) is 12.1 Å². The molecule has 6 aromatic rings. The quantitative estimate of drug-likeness (QED) is 0.226. The van der Waals surface area contributed by atoms with Crippen molar-refractivity contribution in [2.45, 2.75) is 25.9 Å². The van der Waals surface area contributed by atoms with E-state index in [0.717, 1.165) is 103 Å². The van der Waals surface area contributed by atoms with Crippen molar-refractivity contribution in [2.24, 2.45) is 0 Å². The number of benzene rings is 2. The van der Waals surface area contributed by atoms with E-state index in [1.54, 1.807) is 6.20 Å². The number of hydrogen-bond donors (Lipinski definition) is 3. The van der Waals surface area contributed by atoms with Crippen LogP contribution in [0.1, 0.15) is 18.4 Å². The van der Waals surface area contributed by atoms with Gasteiger partial charge in [-0.15, -0.1) is 11.3 Å². The minimum Gasteiger partial charge on any atom is -0.490 e. The maximum Gasteiger partial charge on any atom is 0.176 e. The Morgan fingerprint density at radius 1 is 0.947 bits per heavy atom. The van der Waals surface area contributed by atoms with E-state index in [1.165, 1.54) is 6.07 Å². The summed E-state index contributed by atoms with van der Waals surface area (Å²) in [6.07, 6.45) is 4.05. The van der Waals surface area contributed by atoms with Crippen LogP contribution in [-0.2, 0) is 0 Å². The molecule has 0 aliphatic carbocycles. The third-order valence-corrected chi connectivity index (χ3v) is 8.07. The summed E-state index contributed by atoms with van der Waals surface area (Å²) in [5, 5.41) is 13.0. The zero-order chi connectivity index (χ0) is 25.6. The number of hydrogen-bond acceptors (Lipinski definition) is 5. The van der Waals surface area contributed by atoms with Crippen LogP contribution in [0.2, 0.25) is 0 Å². The van der Waals surface area contributed by atoms with Crippen molar-refractivity contribution in [3.8, 4) is 38.7 Å². The van der Waals surface area contributed by atoms with E-state index in [2.05, 4.69) is 74.9 Å². The molecule has 0 radical (unpaired) electrons. The summed E-state index contributed by atoms with van der Waals surface area (Å²) >= 11 is 1.13. The minimum absolute atomic E-state index is 0.202. The van der Waals surface area contributed by atoms with Gasteiger partial charge in [-0.25, -0.2) is 4.98 Å². The van der Waals surface area contributed by atoms with Gasteiger partial charge in [0, 0.05) is 27.4 Å². The van der Waals surface area contributed by atoms with Crippen LogP contribution in [-0.4, -0.2) is 39.4 Å². The highest BCUT2D eigenvalue weighted by atomic mass is 32.1. The molecule has 6 nitrogen and oxygen atoms in total. The molecule has 4 aromatic heterocycles. The molecule has 0 atom stereocenters. The molecule has 8 heteroatoms. The lowest BCUT2D eigenvalue weighted by Gasteiger charge is -2.24. The first-order valence-electron chi connectivity index (χ1n) is 12.8. The lowest BCUT2D eigenvalue weighted by Crippen LogP contribution is -2.34. The molecule has 5 heterocycles. The molecule has 1 aliphatic heterocycles. The van der Waals surface area contributed by atoms with Crippen molar-refractivity contribution >= 4 is 33.3 Å². The number of aryl methyl sites for hydroxylation is 1. The van der Waals surface area contributed by atoms with E-state index in [-0.39, 0.29) is 11.2 Å². The van der Waals surface area contributed by atoms with Gasteiger partial charge in [0.25, 0.3) is 0 Å². The first kappa shape index (κ1) is 23.1. The second-order valence-electron chi connectivity index (χ2n) is 9.84. The number of nitrogens with one attached hydrogen (secondary N) is 3. The molecular formula is C30H26FN5OS. The monoisotopic (exact) mass is 523 g/mol. The Balaban J connectivity index is 1.27. The van der Waals surface area contributed by atoms with Gasteiger partial charge in [0.2, 0.25) is 0 Å². The SMILES string of the molecule is Cc1cc(OC2CCNCC2)cc(-c2ccc3[nH]nc(-c4cc5c(-c6ccc(F)s6)ccnc5[nH]4)c3c2)c1. The summed E-state index contributed by atoms with van der Waals surface area (Å²) in [5.41, 5.74) is 7.71. The molecule has 190 valence electrons. The minimum atomic E-state index is -0.202. The van der Waals surface area contributed by atoms with Crippen LogP contribution in [0.3, 0.4) is 0 Å². The predicted octanol–water partition coefficient (Wildman–Crippen LogP) is 7.08. The second-order valence-corrected chi connectivity index (χ2v) is 10.9. The van der Waals surface area contributed by atoms with Crippen LogP contribution in [0.5, 0.6) is 5.75 Å². The largest absolute Gasteiger partial charge is 0.490 e. The highest BCUT2D eigenvalue weighted by Crippen LogP contribution is 2.37. The molecule has 7 rings (SSSR count). The molecule has 0 unspecified atom stereocenters. The fourth-order valence-corrected chi connectivity index (χ4v) is 6.09. The third-order valence-electron chi connectivity index (χ3n) is 7.16. The summed E-state index contributed by atoms with van der Waals surface area (Å²) in [6, 6.07) is 20.1. The molecular weight excluding hydrogens is 497 g/mol. The van der Waals surface area contributed by atoms with Gasteiger partial charge >= 0.3 is 0 Å². The maximum absolute atomic E-state index is 13.7. The number of nitrogens with zero attached hydrogens (tertiary/aromatic N) is 2. The van der Waals surface area contributed by atoms with Gasteiger partial charge in [-0.3, -0.25) is 5.10 Å². The lowest BCUT2D eigenvalue weighted by molar-refractivity contribution is 0.162. The van der Waals surface area contributed by atoms with Gasteiger partial charge in [-0.05, 0) is 98.1 Å². The van der Waals surface area contributed by atoms with Gasteiger partial charge in [0.1, 0.15) is 23.2 Å². The van der Waals surface area contributed by atoms with Crippen molar-refractivity contribution in [3.05, 3.63) is 77.6 Å². The van der Waals surface area contributed by atoms with Gasteiger partial charge in [0.15, 0.2) is 5.13 Å². The average molecular weight is 524 g/mol. The molecule has 1 fully saturated rings. The van der Waals surface area contributed by atoms with E-state index in [4.69, 9.17) is 4.74 Å². The number of halogens is 1. The number of fused-ring (bicyclic) bond motifs is 2. The van der Waals surface area contributed by atoms with E-state index in [0.29, 0.717) is 0 Å². The Morgan fingerprint density at radius 2 is 1.84 bits per heavy atom. The fraction of sp³-hybridized carbons (Fsp3) is 0.200. The Bertz CT molecular complexity index is 1780. The Labute approximate surface area is 222 Å². The Hall–Kier alpha value is -4.01. The first-order valence-corrected chi connectivity index (χ1v) is 13.6. The van der Waals surface area contributed by atoms with Gasteiger partial charge in [0.05, 0.1) is 11.2 Å². The number of H-pyrrole nitrogens is 2. The summed E-state index contributed by atoms with van der Waals surface area (Å²) in [7, 11) is 0. The standard InChI is InChI=1S/C30H26FN5OS/c1-17-12-19(14-21(13-17)37-20-6-9-32-10-7-20)18-2-3-25-24(15-18)29(36-35-25)26-16-23-22(8-11-33-30(23)34-26)27-4-5-28(31)38-27/h2-5,8,11-16,20,32H,6-7,9-10H2,1H3,(H,33,34)(H,35,36). The third kappa shape index (κ3) is 4.25. The lowest BCUT2D eigenvalue weighted by atomic mass is 10.0. The zero-order valence-electron chi connectivity index (χ0n) is 20.8. The van der Waals surface area contributed by atoms with E-state index in [1.807, 2.05) is 12.1 Å². The number of ether oxygens (including phenoxy) is 1. The first-order chi connectivity index (χ1) is 18.6. The molecule has 1 aliphatic rings. The number of piperidine rings is 1. The van der Waals surface area contributed by atoms with E-state index >= 15 is 0 Å². The number of aromatic amines is 2. The topological polar surface area (TPSA) is 78.6 Å². The van der Waals surface area contributed by atoms with Gasteiger partial charge in [-0.2, -0.15) is 9.49 Å². The highest BCUT2D eigenvalue weighted by molar-refractivity contribution is 7.14. The summed E-state index contributed by atoms with van der Waals surface area (Å²) in [4.78, 5) is 8.81. The number of pyridine rings is 1. The van der Waals surface area contributed by atoms with Crippen molar-refractivity contribution in [3.63, 3.8) is 0 Å². The average Bonchev–Trinajstić information content (AvgIpc) is 3.66. The molecule has 0 spiro atoms. The number of aromatic nitrogens is 4. The van der Waals surface area contributed by atoms with Crippen LogP contribution < -0.4 is 10.1 Å². The smallest absolute Gasteiger partial charge is 0.176 e. The van der Waals surface area contributed by atoms with Gasteiger partial charge < -0.3 is 15.0 Å². The Kier molecular flexibility index (Phi) is 5.71. The second kappa shape index (κ2) is 9.38. The summed E-state index contributed by atoms with van der Waals surface area (Å²) in [5.74, 6) is 0.915. The molecule has 0 amide bonds. The normalized spacial score (nSPS) is 14.5. The summed E-state index contributed by atoms with van der Waals surface area (Å²) < 4.78 is 20.1. The van der Waals surface area contributed by atoms with E-state index < -0.39 is 0 Å². The van der Waals surface area contributed by atoms with Crippen molar-refractivity contribution < 1.29 is 9.13 Å². The molecule has 0 saturated carbocycles. The maximum atomic E-state index is 13.7. The van der Waals surface area contributed by atoms with Crippen LogP contribution in [0.4, 0.5) is 4.39 Å². The van der Waals surface area contributed by atoms with Gasteiger partial charge in [-0.1, -0.05) is 12.1 Å². The predicted molar refractivity (Wildman–Crippen MR) is 151 cm³/mol. The van der Waals surface area contributed by atoms with Crippen LogP contribution in [0.15, 0.2) is 66.9 Å². The molecule has 38 heavy (non-hydrogen) atoms. The Morgan fingerprint density at radius 3 is 2.68 bits per heavy atom. The molecule has 2 aromatic carbocycles. The van der Waals surface area contributed by atoms with Crippen LogP contribution >= 0.6 is 11.3 Å².